The molecule has 2 heterocycles. The summed E-state index contributed by atoms with van der Waals surface area (Å²) in [6.07, 6.45) is -5.46. The first-order valence-corrected chi connectivity index (χ1v) is 9.72. The maximum Gasteiger partial charge on any atom is 0.416 e. The van der Waals surface area contributed by atoms with Crippen molar-refractivity contribution in [2.45, 2.75) is 20.0 Å². The number of nitrogens with zero attached hydrogens (tertiary/aromatic N) is 2. The Morgan fingerprint density at radius 1 is 1.19 bits per heavy atom. The van der Waals surface area contributed by atoms with Crippen LogP contribution in [0.3, 0.4) is 0 Å². The van der Waals surface area contributed by atoms with Gasteiger partial charge in [0.2, 0.25) is 0 Å². The second kappa shape index (κ2) is 8.76. The Bertz CT molecular complexity index is 1150. The van der Waals surface area contributed by atoms with E-state index in [0.29, 0.717) is 15.9 Å². The number of fused-ring (bicyclic) bond motifs is 1. The number of carbonyl (C=O) groups excluding carboxylic acids is 3. The number of aromatic nitrogens is 2. The topological polar surface area (TPSA) is 99.5 Å². The number of halogens is 3. The van der Waals surface area contributed by atoms with Gasteiger partial charge in [0.15, 0.2) is 6.61 Å². The van der Waals surface area contributed by atoms with Crippen LogP contribution in [0.25, 0.3) is 15.9 Å². The molecule has 0 bridgehead atoms. The van der Waals surface area contributed by atoms with E-state index in [4.69, 9.17) is 4.74 Å². The van der Waals surface area contributed by atoms with Gasteiger partial charge >= 0.3 is 18.2 Å². The fourth-order valence-electron chi connectivity index (χ4n) is 2.66. The van der Waals surface area contributed by atoms with E-state index in [1.54, 1.807) is 13.8 Å². The van der Waals surface area contributed by atoms with E-state index in [1.807, 2.05) is 5.32 Å². The van der Waals surface area contributed by atoms with Gasteiger partial charge < -0.3 is 9.47 Å². The van der Waals surface area contributed by atoms with Crippen LogP contribution in [-0.4, -0.2) is 41.0 Å². The lowest BCUT2D eigenvalue weighted by molar-refractivity contribution is -0.137. The molecule has 0 saturated heterocycles. The number of thiophene rings is 1. The van der Waals surface area contributed by atoms with Crippen molar-refractivity contribution in [3.63, 3.8) is 0 Å². The quantitative estimate of drug-likeness (QED) is 0.587. The van der Waals surface area contributed by atoms with Crippen molar-refractivity contribution in [3.8, 4) is 5.69 Å². The summed E-state index contributed by atoms with van der Waals surface area (Å²) in [5, 5.41) is 6.71. The van der Waals surface area contributed by atoms with Gasteiger partial charge in [0.1, 0.15) is 9.71 Å². The molecule has 0 aliphatic rings. The zero-order valence-electron chi connectivity index (χ0n) is 16.3. The zero-order valence-corrected chi connectivity index (χ0v) is 17.1. The Hall–Kier alpha value is -3.41. The average molecular weight is 455 g/mol. The monoisotopic (exact) mass is 455 g/mol. The molecular formula is C19H16F3N3O5S. The zero-order chi connectivity index (χ0) is 22.8. The molecule has 0 fully saturated rings. The van der Waals surface area contributed by atoms with Crippen LogP contribution in [0.2, 0.25) is 0 Å². The minimum atomic E-state index is -4.51. The van der Waals surface area contributed by atoms with Gasteiger partial charge in [-0.1, -0.05) is 6.07 Å². The SMILES string of the molecule is CCOC(=O)NC(=O)COC(=O)c1cc2c(C)nn(-c3cccc(C(F)(F)F)c3)c2s1. The van der Waals surface area contributed by atoms with Crippen molar-refractivity contribution in [1.29, 1.82) is 0 Å². The van der Waals surface area contributed by atoms with Crippen molar-refractivity contribution < 1.29 is 37.0 Å². The molecule has 1 N–H and O–H groups in total. The first-order chi connectivity index (χ1) is 14.6. The van der Waals surface area contributed by atoms with Crippen LogP contribution >= 0.6 is 11.3 Å². The van der Waals surface area contributed by atoms with E-state index in [1.165, 1.54) is 22.9 Å². The minimum absolute atomic E-state index is 0.0724. The number of alkyl halides is 3. The van der Waals surface area contributed by atoms with Crippen molar-refractivity contribution in [3.05, 3.63) is 46.5 Å². The van der Waals surface area contributed by atoms with Crippen LogP contribution in [0.5, 0.6) is 0 Å². The molecule has 0 atom stereocenters. The van der Waals surface area contributed by atoms with Gasteiger partial charge in [-0.3, -0.25) is 10.1 Å². The highest BCUT2D eigenvalue weighted by molar-refractivity contribution is 7.20. The number of amides is 2. The third-order valence-corrected chi connectivity index (χ3v) is 5.11. The number of imide groups is 1. The second-order valence-electron chi connectivity index (χ2n) is 6.22. The lowest BCUT2D eigenvalue weighted by Crippen LogP contribution is -2.34. The molecular weight excluding hydrogens is 439 g/mol. The van der Waals surface area contributed by atoms with Gasteiger partial charge in [0, 0.05) is 5.39 Å². The number of hydrogen-bond acceptors (Lipinski definition) is 7. The van der Waals surface area contributed by atoms with Crippen LogP contribution < -0.4 is 5.32 Å². The summed E-state index contributed by atoms with van der Waals surface area (Å²) in [7, 11) is 0. The molecule has 2 amide bonds. The third kappa shape index (κ3) is 5.02. The van der Waals surface area contributed by atoms with Crippen LogP contribution in [0.15, 0.2) is 30.3 Å². The molecule has 1 aromatic carbocycles. The predicted octanol–water partition coefficient (Wildman–Crippen LogP) is 3.84. The Balaban J connectivity index is 1.80. The summed E-state index contributed by atoms with van der Waals surface area (Å²) in [5.74, 6) is -1.69. The number of benzene rings is 1. The van der Waals surface area contributed by atoms with Gasteiger partial charge in [-0.2, -0.15) is 18.3 Å². The third-order valence-electron chi connectivity index (χ3n) is 4.02. The highest BCUT2D eigenvalue weighted by Crippen LogP contribution is 2.33. The van der Waals surface area contributed by atoms with Gasteiger partial charge in [-0.05, 0) is 38.1 Å². The fraction of sp³-hybridized carbons (Fsp3) is 0.263. The number of aryl methyl sites for hydroxylation is 1. The molecule has 0 unspecified atom stereocenters. The van der Waals surface area contributed by atoms with E-state index < -0.39 is 36.3 Å². The molecule has 2 aromatic heterocycles. The molecule has 12 heteroatoms. The number of ether oxygens (including phenoxy) is 2. The maximum absolute atomic E-state index is 13.0. The van der Waals surface area contributed by atoms with Gasteiger partial charge in [-0.15, -0.1) is 11.3 Å². The Kier molecular flexibility index (Phi) is 6.29. The van der Waals surface area contributed by atoms with Gasteiger partial charge in [0.05, 0.1) is 23.6 Å². The largest absolute Gasteiger partial charge is 0.451 e. The van der Waals surface area contributed by atoms with Crippen LogP contribution in [-0.2, 0) is 20.4 Å². The number of carbonyl (C=O) groups is 3. The first kappa shape index (κ1) is 22.3. The van der Waals surface area contributed by atoms with Crippen molar-refractivity contribution in [2.75, 3.05) is 13.2 Å². The van der Waals surface area contributed by atoms with Crippen molar-refractivity contribution >= 4 is 39.5 Å². The van der Waals surface area contributed by atoms with Gasteiger partial charge in [0.25, 0.3) is 5.91 Å². The number of rotatable bonds is 5. The highest BCUT2D eigenvalue weighted by atomic mass is 32.1. The van der Waals surface area contributed by atoms with E-state index in [2.05, 4.69) is 9.84 Å². The van der Waals surface area contributed by atoms with E-state index in [-0.39, 0.29) is 17.2 Å². The molecule has 3 aromatic rings. The molecule has 0 radical (unpaired) electrons. The van der Waals surface area contributed by atoms with E-state index in [9.17, 15) is 27.6 Å². The molecule has 0 spiro atoms. The van der Waals surface area contributed by atoms with Crippen LogP contribution in [0.4, 0.5) is 18.0 Å². The number of nitrogens with one attached hydrogen (secondary N) is 1. The maximum atomic E-state index is 13.0. The summed E-state index contributed by atoms with van der Waals surface area (Å²) in [5.41, 5.74) is -0.138. The summed E-state index contributed by atoms with van der Waals surface area (Å²) < 4.78 is 49.9. The molecule has 3 rings (SSSR count). The lowest BCUT2D eigenvalue weighted by Gasteiger charge is -2.09. The van der Waals surface area contributed by atoms with Crippen LogP contribution in [0.1, 0.15) is 27.9 Å². The van der Waals surface area contributed by atoms with E-state index in [0.717, 1.165) is 23.5 Å². The van der Waals surface area contributed by atoms with E-state index >= 15 is 0 Å². The number of esters is 1. The summed E-state index contributed by atoms with van der Waals surface area (Å²) in [6, 6.07) is 6.14. The first-order valence-electron chi connectivity index (χ1n) is 8.90. The fourth-order valence-corrected chi connectivity index (χ4v) is 3.73. The molecule has 8 nitrogen and oxygen atoms in total. The standard InChI is InChI=1S/C19H16F3N3O5S/c1-3-29-18(28)23-15(26)9-30-17(27)14-8-13-10(2)24-25(16(13)31-14)12-6-4-5-11(7-12)19(20,21)22/h4-8H,3,9H2,1-2H3,(H,23,26,28). The normalized spacial score (nSPS) is 11.4. The van der Waals surface area contributed by atoms with Crippen molar-refractivity contribution in [1.82, 2.24) is 15.1 Å². The Morgan fingerprint density at radius 2 is 1.94 bits per heavy atom. The minimum Gasteiger partial charge on any atom is -0.451 e. The highest BCUT2D eigenvalue weighted by Gasteiger charge is 2.31. The molecule has 0 saturated carbocycles. The second-order valence-corrected chi connectivity index (χ2v) is 7.25. The summed E-state index contributed by atoms with van der Waals surface area (Å²) in [4.78, 5) is 35.6. The van der Waals surface area contributed by atoms with Crippen LogP contribution in [0, 0.1) is 6.92 Å². The average Bonchev–Trinajstić information content (AvgIpc) is 3.26. The number of hydrogen-bond donors (Lipinski definition) is 1. The van der Waals surface area contributed by atoms with Crippen molar-refractivity contribution in [2.24, 2.45) is 0 Å². The molecule has 164 valence electrons. The molecule has 0 aliphatic carbocycles. The summed E-state index contributed by atoms with van der Waals surface area (Å²) >= 11 is 0.956. The Morgan fingerprint density at radius 3 is 2.61 bits per heavy atom. The molecule has 0 aliphatic heterocycles. The Labute approximate surface area is 177 Å². The van der Waals surface area contributed by atoms with Gasteiger partial charge in [-0.25, -0.2) is 14.3 Å². The lowest BCUT2D eigenvalue weighted by atomic mass is 10.2. The smallest absolute Gasteiger partial charge is 0.416 e. The molecule has 31 heavy (non-hydrogen) atoms. The predicted molar refractivity (Wildman–Crippen MR) is 104 cm³/mol. The number of alkyl carbamates (subject to hydrolysis) is 1. The summed E-state index contributed by atoms with van der Waals surface area (Å²) in [6.45, 7) is 2.59.